The summed E-state index contributed by atoms with van der Waals surface area (Å²) in [6.45, 7) is 4.08. The molecule has 1 aliphatic carbocycles. The third kappa shape index (κ3) is 2.29. The molecule has 0 saturated carbocycles. The molecule has 1 aliphatic rings. The highest BCUT2D eigenvalue weighted by Gasteiger charge is 2.27. The van der Waals surface area contributed by atoms with E-state index in [9.17, 15) is 4.79 Å². The Balaban J connectivity index is 2.02. The van der Waals surface area contributed by atoms with Gasteiger partial charge in [0.1, 0.15) is 0 Å². The van der Waals surface area contributed by atoms with E-state index in [1.54, 1.807) is 0 Å². The van der Waals surface area contributed by atoms with Gasteiger partial charge in [-0.2, -0.15) is 0 Å². The molecule has 2 aromatic carbocycles. The minimum atomic E-state index is 0.0421. The Bertz CT molecular complexity index is 655. The largest absolute Gasteiger partial charge is 0.293 e. The number of ketones is 1. The molecule has 3 rings (SSSR count). The van der Waals surface area contributed by atoms with Gasteiger partial charge in [-0.15, -0.1) is 0 Å². The molecule has 0 aliphatic heterocycles. The number of hydrogen-bond donors (Lipinski definition) is 0. The smallest absolute Gasteiger partial charge is 0.170 e. The van der Waals surface area contributed by atoms with Crippen molar-refractivity contribution in [3.8, 4) is 0 Å². The summed E-state index contributed by atoms with van der Waals surface area (Å²) in [7, 11) is 0. The van der Waals surface area contributed by atoms with Crippen molar-refractivity contribution in [3.63, 3.8) is 0 Å². The molecule has 20 heavy (non-hydrogen) atoms. The zero-order chi connectivity index (χ0) is 14.1. The van der Waals surface area contributed by atoms with E-state index < -0.39 is 0 Å². The Labute approximate surface area is 120 Å². The number of Topliss-reactive ketones (excluding diaryl/α,β-unsaturated/α-hetero) is 1. The first-order valence-corrected chi connectivity index (χ1v) is 7.36. The van der Waals surface area contributed by atoms with Crippen LogP contribution in [0.1, 0.15) is 51.4 Å². The van der Waals surface area contributed by atoms with Crippen LogP contribution in [0.3, 0.4) is 0 Å². The topological polar surface area (TPSA) is 17.1 Å². The molecule has 0 bridgehead atoms. The lowest BCUT2D eigenvalue weighted by molar-refractivity contribution is 0.0950. The lowest BCUT2D eigenvalue weighted by Crippen LogP contribution is -2.19. The van der Waals surface area contributed by atoms with Gasteiger partial charge in [-0.1, -0.05) is 42.0 Å². The number of carbonyl (C=O) groups is 1. The highest BCUT2D eigenvalue weighted by molar-refractivity contribution is 6.02. The summed E-state index contributed by atoms with van der Waals surface area (Å²) in [4.78, 5) is 12.9. The van der Waals surface area contributed by atoms with Gasteiger partial charge in [0, 0.05) is 11.5 Å². The standard InChI is InChI=1S/C19H20O/c1-13-10-11-14(2)18(12-13)19(20)17-9-5-7-15-6-3-4-8-16(15)17/h3-4,6,8,10-12,17H,5,7,9H2,1-2H3. The average Bonchev–Trinajstić information content (AvgIpc) is 2.48. The molecular formula is C19H20O. The van der Waals surface area contributed by atoms with Crippen molar-refractivity contribution in [2.75, 3.05) is 0 Å². The first-order valence-electron chi connectivity index (χ1n) is 7.36. The zero-order valence-electron chi connectivity index (χ0n) is 12.1. The van der Waals surface area contributed by atoms with Crippen LogP contribution in [0.25, 0.3) is 0 Å². The molecule has 0 saturated heterocycles. The van der Waals surface area contributed by atoms with Crippen LogP contribution in [0.15, 0.2) is 42.5 Å². The second kappa shape index (κ2) is 5.24. The molecular weight excluding hydrogens is 244 g/mol. The second-order valence-electron chi connectivity index (χ2n) is 5.83. The molecule has 1 heteroatoms. The first kappa shape index (κ1) is 13.1. The SMILES string of the molecule is Cc1ccc(C)c(C(=O)C2CCCc3ccccc32)c1. The molecule has 0 fully saturated rings. The Hall–Kier alpha value is -1.89. The van der Waals surface area contributed by atoms with Crippen LogP contribution in [0, 0.1) is 13.8 Å². The van der Waals surface area contributed by atoms with Gasteiger partial charge in [-0.3, -0.25) is 4.79 Å². The molecule has 1 atom stereocenters. The number of aryl methyl sites for hydroxylation is 3. The van der Waals surface area contributed by atoms with E-state index in [4.69, 9.17) is 0 Å². The van der Waals surface area contributed by atoms with Gasteiger partial charge in [0.05, 0.1) is 0 Å². The van der Waals surface area contributed by atoms with E-state index >= 15 is 0 Å². The van der Waals surface area contributed by atoms with Crippen molar-refractivity contribution in [2.24, 2.45) is 0 Å². The number of fused-ring (bicyclic) bond motifs is 1. The molecule has 0 spiro atoms. The van der Waals surface area contributed by atoms with Gasteiger partial charge < -0.3 is 0 Å². The Kier molecular flexibility index (Phi) is 3.43. The summed E-state index contributed by atoms with van der Waals surface area (Å²) in [5.41, 5.74) is 5.73. The van der Waals surface area contributed by atoms with E-state index in [1.165, 1.54) is 11.1 Å². The predicted molar refractivity (Wildman–Crippen MR) is 82.4 cm³/mol. The fourth-order valence-corrected chi connectivity index (χ4v) is 3.22. The molecule has 0 aromatic heterocycles. The molecule has 0 N–H and O–H groups in total. The fourth-order valence-electron chi connectivity index (χ4n) is 3.22. The zero-order valence-corrected chi connectivity index (χ0v) is 12.1. The van der Waals surface area contributed by atoms with Crippen LogP contribution in [-0.4, -0.2) is 5.78 Å². The van der Waals surface area contributed by atoms with Gasteiger partial charge in [0.25, 0.3) is 0 Å². The summed E-state index contributed by atoms with van der Waals surface area (Å²) >= 11 is 0. The van der Waals surface area contributed by atoms with Gasteiger partial charge in [0.2, 0.25) is 0 Å². The highest BCUT2D eigenvalue weighted by atomic mass is 16.1. The van der Waals surface area contributed by atoms with Crippen LogP contribution in [0.2, 0.25) is 0 Å². The van der Waals surface area contributed by atoms with Crippen LogP contribution < -0.4 is 0 Å². The third-order valence-corrected chi connectivity index (χ3v) is 4.34. The summed E-state index contributed by atoms with van der Waals surface area (Å²) in [6, 6.07) is 14.6. The summed E-state index contributed by atoms with van der Waals surface area (Å²) < 4.78 is 0. The maximum Gasteiger partial charge on any atom is 0.170 e. The van der Waals surface area contributed by atoms with E-state index in [2.05, 4.69) is 30.3 Å². The monoisotopic (exact) mass is 264 g/mol. The maximum atomic E-state index is 12.9. The molecule has 1 nitrogen and oxygen atoms in total. The summed E-state index contributed by atoms with van der Waals surface area (Å²) in [6.07, 6.45) is 3.19. The van der Waals surface area contributed by atoms with Crippen molar-refractivity contribution in [1.29, 1.82) is 0 Å². The van der Waals surface area contributed by atoms with Crippen molar-refractivity contribution in [1.82, 2.24) is 0 Å². The Morgan fingerprint density at radius 2 is 1.90 bits per heavy atom. The van der Waals surface area contributed by atoms with Crippen LogP contribution in [0.5, 0.6) is 0 Å². The number of carbonyl (C=O) groups excluding carboxylic acids is 1. The van der Waals surface area contributed by atoms with Gasteiger partial charge in [-0.05, 0) is 55.9 Å². The van der Waals surface area contributed by atoms with Gasteiger partial charge in [0.15, 0.2) is 5.78 Å². The molecule has 2 aromatic rings. The van der Waals surface area contributed by atoms with Gasteiger partial charge in [-0.25, -0.2) is 0 Å². The molecule has 0 amide bonds. The summed E-state index contributed by atoms with van der Waals surface area (Å²) in [5, 5.41) is 0. The van der Waals surface area contributed by atoms with Crippen molar-refractivity contribution >= 4 is 5.78 Å². The predicted octanol–water partition coefficient (Wildman–Crippen LogP) is 4.61. The number of rotatable bonds is 2. The van der Waals surface area contributed by atoms with Crippen LogP contribution >= 0.6 is 0 Å². The van der Waals surface area contributed by atoms with E-state index in [0.717, 1.165) is 36.0 Å². The normalized spacial score (nSPS) is 17.6. The number of benzene rings is 2. The molecule has 102 valence electrons. The quantitative estimate of drug-likeness (QED) is 0.724. The highest BCUT2D eigenvalue weighted by Crippen LogP contribution is 2.34. The summed E-state index contributed by atoms with van der Waals surface area (Å²) in [5.74, 6) is 0.332. The Morgan fingerprint density at radius 3 is 2.75 bits per heavy atom. The van der Waals surface area contributed by atoms with Crippen molar-refractivity contribution in [3.05, 3.63) is 70.3 Å². The van der Waals surface area contributed by atoms with Crippen LogP contribution in [0.4, 0.5) is 0 Å². The van der Waals surface area contributed by atoms with E-state index in [0.29, 0.717) is 5.78 Å². The second-order valence-corrected chi connectivity index (χ2v) is 5.83. The van der Waals surface area contributed by atoms with E-state index in [1.807, 2.05) is 26.0 Å². The van der Waals surface area contributed by atoms with Crippen molar-refractivity contribution in [2.45, 2.75) is 39.0 Å². The maximum absolute atomic E-state index is 12.9. The third-order valence-electron chi connectivity index (χ3n) is 4.34. The van der Waals surface area contributed by atoms with E-state index in [-0.39, 0.29) is 5.92 Å². The minimum Gasteiger partial charge on any atom is -0.293 e. The minimum absolute atomic E-state index is 0.0421. The molecule has 0 heterocycles. The fraction of sp³-hybridized carbons (Fsp3) is 0.316. The van der Waals surface area contributed by atoms with Gasteiger partial charge >= 0.3 is 0 Å². The molecule has 1 unspecified atom stereocenters. The van der Waals surface area contributed by atoms with Crippen LogP contribution in [-0.2, 0) is 6.42 Å². The van der Waals surface area contributed by atoms with Crippen molar-refractivity contribution < 1.29 is 4.79 Å². The first-order chi connectivity index (χ1) is 9.66. The average molecular weight is 264 g/mol. The Morgan fingerprint density at radius 1 is 1.10 bits per heavy atom. The lowest BCUT2D eigenvalue weighted by atomic mass is 9.78. The lowest BCUT2D eigenvalue weighted by Gasteiger charge is -2.25. The molecule has 0 radical (unpaired) electrons. The number of hydrogen-bond acceptors (Lipinski definition) is 1.